The van der Waals surface area contributed by atoms with Crippen molar-refractivity contribution in [3.8, 4) is 11.8 Å². The summed E-state index contributed by atoms with van der Waals surface area (Å²) in [6.07, 6.45) is 4.27. The fourth-order valence-electron chi connectivity index (χ4n) is 2.48. The Morgan fingerprint density at radius 2 is 1.90 bits per heavy atom. The number of esters is 1. The summed E-state index contributed by atoms with van der Waals surface area (Å²) in [6, 6.07) is 7.16. The van der Waals surface area contributed by atoms with E-state index in [-0.39, 0.29) is 5.97 Å². The SMILES string of the molecule is COC(=O)c1ccc(C#CC2CCC(CO)CC2)cc1. The quantitative estimate of drug-likeness (QED) is 0.665. The van der Waals surface area contributed by atoms with Crippen LogP contribution in [0.3, 0.4) is 0 Å². The molecular formula is C17H20O3. The van der Waals surface area contributed by atoms with Gasteiger partial charge in [0.25, 0.3) is 0 Å². The minimum atomic E-state index is -0.327. The Morgan fingerprint density at radius 1 is 1.25 bits per heavy atom. The van der Waals surface area contributed by atoms with Crippen LogP contribution in [0.5, 0.6) is 0 Å². The molecule has 0 aliphatic heterocycles. The van der Waals surface area contributed by atoms with Gasteiger partial charge in [0.05, 0.1) is 12.7 Å². The Bertz CT molecular complexity index is 499. The second kappa shape index (κ2) is 7.12. The normalized spacial score (nSPS) is 21.7. The lowest BCUT2D eigenvalue weighted by atomic mass is 9.83. The third-order valence-electron chi connectivity index (χ3n) is 3.83. The molecule has 1 N–H and O–H groups in total. The van der Waals surface area contributed by atoms with Gasteiger partial charge in [-0.15, -0.1) is 0 Å². The van der Waals surface area contributed by atoms with Crippen molar-refractivity contribution in [3.05, 3.63) is 35.4 Å². The Hall–Kier alpha value is -1.79. The molecule has 0 spiro atoms. The Balaban J connectivity index is 1.94. The molecule has 3 heteroatoms. The van der Waals surface area contributed by atoms with Gasteiger partial charge in [-0.2, -0.15) is 0 Å². The third kappa shape index (κ3) is 3.85. The van der Waals surface area contributed by atoms with E-state index < -0.39 is 0 Å². The summed E-state index contributed by atoms with van der Waals surface area (Å²) < 4.78 is 4.66. The van der Waals surface area contributed by atoms with Crippen LogP contribution >= 0.6 is 0 Å². The second-order valence-electron chi connectivity index (χ2n) is 5.24. The number of ether oxygens (including phenoxy) is 1. The molecule has 106 valence electrons. The number of carbonyl (C=O) groups excluding carboxylic acids is 1. The molecule has 20 heavy (non-hydrogen) atoms. The van der Waals surface area contributed by atoms with E-state index in [1.165, 1.54) is 7.11 Å². The zero-order valence-corrected chi connectivity index (χ0v) is 11.8. The first-order valence-electron chi connectivity index (χ1n) is 7.03. The first kappa shape index (κ1) is 14.6. The smallest absolute Gasteiger partial charge is 0.337 e. The van der Waals surface area contributed by atoms with E-state index in [0.29, 0.717) is 24.0 Å². The molecule has 0 saturated heterocycles. The highest BCUT2D eigenvalue weighted by atomic mass is 16.5. The zero-order valence-electron chi connectivity index (χ0n) is 11.8. The lowest BCUT2D eigenvalue weighted by Crippen LogP contribution is -2.16. The second-order valence-corrected chi connectivity index (χ2v) is 5.24. The minimum absolute atomic E-state index is 0.301. The number of carbonyl (C=O) groups is 1. The molecule has 2 rings (SSSR count). The molecule has 1 saturated carbocycles. The molecule has 1 aliphatic carbocycles. The Morgan fingerprint density at radius 3 is 2.45 bits per heavy atom. The summed E-state index contributed by atoms with van der Waals surface area (Å²) in [5.41, 5.74) is 1.46. The monoisotopic (exact) mass is 272 g/mol. The lowest BCUT2D eigenvalue weighted by molar-refractivity contribution is 0.0600. The molecule has 0 amide bonds. The van der Waals surface area contributed by atoms with Crippen LogP contribution < -0.4 is 0 Å². The topological polar surface area (TPSA) is 46.5 Å². The van der Waals surface area contributed by atoms with Crippen LogP contribution in [0.1, 0.15) is 41.6 Å². The van der Waals surface area contributed by atoms with E-state index in [4.69, 9.17) is 5.11 Å². The van der Waals surface area contributed by atoms with Gasteiger partial charge in [-0.25, -0.2) is 4.79 Å². The molecular weight excluding hydrogens is 252 g/mol. The average molecular weight is 272 g/mol. The first-order valence-corrected chi connectivity index (χ1v) is 7.03. The number of benzene rings is 1. The molecule has 3 nitrogen and oxygen atoms in total. The molecule has 0 unspecified atom stereocenters. The zero-order chi connectivity index (χ0) is 14.4. The van der Waals surface area contributed by atoms with Crippen molar-refractivity contribution in [2.75, 3.05) is 13.7 Å². The van der Waals surface area contributed by atoms with Crippen molar-refractivity contribution in [1.29, 1.82) is 0 Å². The van der Waals surface area contributed by atoms with Crippen molar-refractivity contribution in [1.82, 2.24) is 0 Å². The number of aliphatic hydroxyl groups excluding tert-OH is 1. The predicted molar refractivity (Wildman–Crippen MR) is 77.2 cm³/mol. The maximum atomic E-state index is 11.3. The molecule has 1 fully saturated rings. The van der Waals surface area contributed by atoms with Crippen LogP contribution in [0.4, 0.5) is 0 Å². The van der Waals surface area contributed by atoms with Gasteiger partial charge in [0.2, 0.25) is 0 Å². The maximum absolute atomic E-state index is 11.3. The Kier molecular flexibility index (Phi) is 5.20. The van der Waals surface area contributed by atoms with Crippen molar-refractivity contribution in [3.63, 3.8) is 0 Å². The van der Waals surface area contributed by atoms with Crippen LogP contribution in [0.25, 0.3) is 0 Å². The van der Waals surface area contributed by atoms with E-state index in [9.17, 15) is 4.79 Å². The highest BCUT2D eigenvalue weighted by Crippen LogP contribution is 2.27. The van der Waals surface area contributed by atoms with Crippen molar-refractivity contribution in [2.45, 2.75) is 25.7 Å². The number of hydrogen-bond acceptors (Lipinski definition) is 3. The summed E-state index contributed by atoms with van der Waals surface area (Å²) in [4.78, 5) is 11.3. The summed E-state index contributed by atoms with van der Waals surface area (Å²) in [5.74, 6) is 7.03. The molecule has 0 aromatic heterocycles. The fourth-order valence-corrected chi connectivity index (χ4v) is 2.48. The molecule has 0 bridgehead atoms. The summed E-state index contributed by atoms with van der Waals surface area (Å²) in [7, 11) is 1.37. The molecule has 0 atom stereocenters. The third-order valence-corrected chi connectivity index (χ3v) is 3.83. The maximum Gasteiger partial charge on any atom is 0.337 e. The van der Waals surface area contributed by atoms with Crippen LogP contribution in [-0.4, -0.2) is 24.8 Å². The summed E-state index contributed by atoms with van der Waals surface area (Å²) in [5, 5.41) is 9.10. The summed E-state index contributed by atoms with van der Waals surface area (Å²) >= 11 is 0. The number of methoxy groups -OCH3 is 1. The van der Waals surface area contributed by atoms with Crippen LogP contribution in [-0.2, 0) is 4.74 Å². The van der Waals surface area contributed by atoms with Crippen molar-refractivity contribution < 1.29 is 14.6 Å². The number of rotatable bonds is 2. The standard InChI is InChI=1S/C17H20O3/c1-20-17(19)16-10-8-14(9-11-16)3-2-13-4-6-15(12-18)7-5-13/h8-11,13,15,18H,4-7,12H2,1H3. The average Bonchev–Trinajstić information content (AvgIpc) is 2.53. The molecule has 0 radical (unpaired) electrons. The van der Waals surface area contributed by atoms with Gasteiger partial charge >= 0.3 is 5.97 Å². The Labute approximate surface area is 120 Å². The highest BCUT2D eigenvalue weighted by molar-refractivity contribution is 5.89. The highest BCUT2D eigenvalue weighted by Gasteiger charge is 2.18. The number of hydrogen-bond donors (Lipinski definition) is 1. The van der Waals surface area contributed by atoms with E-state index in [2.05, 4.69) is 16.6 Å². The van der Waals surface area contributed by atoms with Crippen LogP contribution in [0.2, 0.25) is 0 Å². The van der Waals surface area contributed by atoms with Gasteiger partial charge in [0.1, 0.15) is 0 Å². The van der Waals surface area contributed by atoms with Crippen LogP contribution in [0.15, 0.2) is 24.3 Å². The van der Waals surface area contributed by atoms with Gasteiger partial charge in [0, 0.05) is 18.1 Å². The van der Waals surface area contributed by atoms with Crippen molar-refractivity contribution in [2.24, 2.45) is 11.8 Å². The largest absolute Gasteiger partial charge is 0.465 e. The van der Waals surface area contributed by atoms with Gasteiger partial charge in [-0.05, 0) is 55.9 Å². The fraction of sp³-hybridized carbons (Fsp3) is 0.471. The van der Waals surface area contributed by atoms with Gasteiger partial charge < -0.3 is 9.84 Å². The molecule has 1 aliphatic rings. The van der Waals surface area contributed by atoms with E-state index in [0.717, 1.165) is 31.2 Å². The van der Waals surface area contributed by atoms with Gasteiger partial charge in [-0.3, -0.25) is 0 Å². The number of aliphatic hydroxyl groups is 1. The van der Waals surface area contributed by atoms with Gasteiger partial charge in [-0.1, -0.05) is 11.8 Å². The van der Waals surface area contributed by atoms with E-state index in [1.54, 1.807) is 12.1 Å². The van der Waals surface area contributed by atoms with Crippen molar-refractivity contribution >= 4 is 5.97 Å². The minimum Gasteiger partial charge on any atom is -0.465 e. The molecule has 1 aromatic rings. The van der Waals surface area contributed by atoms with E-state index >= 15 is 0 Å². The van der Waals surface area contributed by atoms with Crippen LogP contribution in [0, 0.1) is 23.7 Å². The van der Waals surface area contributed by atoms with E-state index in [1.807, 2.05) is 12.1 Å². The molecule has 0 heterocycles. The predicted octanol–water partition coefficient (Wildman–Crippen LogP) is 2.62. The summed E-state index contributed by atoms with van der Waals surface area (Å²) in [6.45, 7) is 0.301. The van der Waals surface area contributed by atoms with Gasteiger partial charge in [0.15, 0.2) is 0 Å². The first-order chi connectivity index (χ1) is 9.72. The lowest BCUT2D eigenvalue weighted by Gasteiger charge is -2.23. The molecule has 1 aromatic carbocycles.